The molecule has 0 nitrogen and oxygen atoms in total. The summed E-state index contributed by atoms with van der Waals surface area (Å²) in [6, 6.07) is 0. The number of hydrogen-bond acceptors (Lipinski definition) is 1. The Kier molecular flexibility index (Phi) is 6.23. The van der Waals surface area contributed by atoms with Crippen molar-refractivity contribution in [1.29, 1.82) is 0 Å². The molecule has 0 unspecified atom stereocenters. The third kappa shape index (κ3) is 3.60. The van der Waals surface area contributed by atoms with E-state index >= 15 is 0 Å². The van der Waals surface area contributed by atoms with E-state index in [1.165, 1.54) is 0 Å². The molecule has 0 heterocycles. The van der Waals surface area contributed by atoms with E-state index in [0.717, 1.165) is 23.0 Å². The molecule has 2 heteroatoms. The first-order valence-electron chi connectivity index (χ1n) is 4.17. The van der Waals surface area contributed by atoms with E-state index in [9.17, 15) is 0 Å². The van der Waals surface area contributed by atoms with E-state index in [1.807, 2.05) is 18.2 Å². The Morgan fingerprint density at radius 2 is 1.38 bits per heavy atom. The molecule has 0 rings (SSSR count). The van der Waals surface area contributed by atoms with Gasteiger partial charge in [0, 0.05) is 0 Å². The molecular formula is C11H15SSe. The summed E-state index contributed by atoms with van der Waals surface area (Å²) in [6.45, 7) is 11.3. The number of hydrogen-bond donors (Lipinski definition) is 0. The summed E-state index contributed by atoms with van der Waals surface area (Å²) in [4.78, 5) is 0. The number of rotatable bonds is 7. The van der Waals surface area contributed by atoms with Crippen molar-refractivity contribution in [3.63, 3.8) is 0 Å². The zero-order valence-electron chi connectivity index (χ0n) is 7.79. The molecule has 0 atom stereocenters. The Morgan fingerprint density at radius 3 is 1.54 bits per heavy atom. The molecule has 0 saturated carbocycles. The van der Waals surface area contributed by atoms with Crippen molar-refractivity contribution in [2.75, 3.05) is 0 Å². The van der Waals surface area contributed by atoms with Crippen LogP contribution in [0.5, 0.6) is 0 Å². The van der Waals surface area contributed by atoms with E-state index in [1.54, 1.807) is 0 Å². The third-order valence-corrected chi connectivity index (χ3v) is 3.38. The maximum absolute atomic E-state index is 5.23. The molecule has 71 valence electrons. The Hall–Kier alpha value is -0.171. The normalized spacial score (nSPS) is 10.5. The van der Waals surface area contributed by atoms with Gasteiger partial charge < -0.3 is 0 Å². The van der Waals surface area contributed by atoms with Gasteiger partial charge in [-0.1, -0.05) is 0 Å². The van der Waals surface area contributed by atoms with Gasteiger partial charge in [0.25, 0.3) is 0 Å². The van der Waals surface area contributed by atoms with Gasteiger partial charge in [0.05, 0.1) is 0 Å². The topological polar surface area (TPSA) is 0 Å². The van der Waals surface area contributed by atoms with E-state index in [-0.39, 0.29) is 5.41 Å². The quantitative estimate of drug-likeness (QED) is 0.384. The first-order chi connectivity index (χ1) is 6.13. The van der Waals surface area contributed by atoms with Crippen molar-refractivity contribution in [3.05, 3.63) is 38.0 Å². The second kappa shape index (κ2) is 6.31. The third-order valence-electron chi connectivity index (χ3n) is 2.04. The first kappa shape index (κ1) is 12.8. The Balaban J connectivity index is 4.76. The summed E-state index contributed by atoms with van der Waals surface area (Å²) in [5.41, 5.74) is -0.0272. The average molecular weight is 258 g/mol. The predicted molar refractivity (Wildman–Crippen MR) is 65.2 cm³/mol. The molecule has 13 heavy (non-hydrogen) atoms. The van der Waals surface area contributed by atoms with Crippen molar-refractivity contribution in [2.45, 2.75) is 19.3 Å². The zero-order valence-corrected chi connectivity index (χ0v) is 10.3. The fourth-order valence-corrected chi connectivity index (χ4v) is 2.10. The van der Waals surface area contributed by atoms with Crippen LogP contribution in [0.4, 0.5) is 0 Å². The Labute approximate surface area is 94.6 Å². The molecule has 0 aromatic carbocycles. The Bertz CT molecular complexity index is 192. The van der Waals surface area contributed by atoms with E-state index < -0.39 is 0 Å². The average Bonchev–Trinajstić information content (AvgIpc) is 2.05. The molecule has 0 saturated heterocycles. The molecule has 0 aliphatic heterocycles. The fourth-order valence-electron chi connectivity index (χ4n) is 1.33. The van der Waals surface area contributed by atoms with Crippen molar-refractivity contribution in [3.8, 4) is 0 Å². The number of thiocarbonyl (C=S) groups is 1. The monoisotopic (exact) mass is 259 g/mol. The molecule has 0 aliphatic carbocycles. The summed E-state index contributed by atoms with van der Waals surface area (Å²) in [5.74, 6) is 0. The molecule has 0 aromatic heterocycles. The second-order valence-electron chi connectivity index (χ2n) is 3.05. The Morgan fingerprint density at radius 1 is 1.08 bits per heavy atom. The van der Waals surface area contributed by atoms with Gasteiger partial charge in [-0.2, -0.15) is 0 Å². The van der Waals surface area contributed by atoms with Crippen LogP contribution < -0.4 is 0 Å². The van der Waals surface area contributed by atoms with Crippen LogP contribution in [0.2, 0.25) is 0 Å². The fraction of sp³-hybridized carbons (Fsp3) is 0.364. The molecule has 0 aliphatic rings. The minimum absolute atomic E-state index is 0.0272. The molecule has 0 amide bonds. The molecule has 0 bridgehead atoms. The summed E-state index contributed by atoms with van der Waals surface area (Å²) in [6.07, 6.45) is 8.31. The van der Waals surface area contributed by atoms with Crippen LogP contribution in [-0.2, 0) is 0 Å². The van der Waals surface area contributed by atoms with Crippen LogP contribution >= 0.6 is 12.2 Å². The van der Waals surface area contributed by atoms with Gasteiger partial charge in [0.15, 0.2) is 0 Å². The van der Waals surface area contributed by atoms with Crippen LogP contribution in [-0.4, -0.2) is 19.8 Å². The van der Waals surface area contributed by atoms with E-state index in [2.05, 4.69) is 35.7 Å². The van der Waals surface area contributed by atoms with Crippen LogP contribution in [0.25, 0.3) is 0 Å². The molecule has 1 radical (unpaired) electrons. The zero-order chi connectivity index (χ0) is 10.3. The summed E-state index contributed by atoms with van der Waals surface area (Å²) in [7, 11) is 0. The van der Waals surface area contributed by atoms with Gasteiger partial charge in [-0.05, 0) is 0 Å². The van der Waals surface area contributed by atoms with Gasteiger partial charge in [-0.15, -0.1) is 0 Å². The molecule has 0 fully saturated rings. The van der Waals surface area contributed by atoms with Gasteiger partial charge in [0.2, 0.25) is 0 Å². The molecular weight excluding hydrogens is 243 g/mol. The predicted octanol–water partition coefficient (Wildman–Crippen LogP) is 3.20. The van der Waals surface area contributed by atoms with Crippen molar-refractivity contribution >= 4 is 32.0 Å². The summed E-state index contributed by atoms with van der Waals surface area (Å²) >= 11 is 8.15. The van der Waals surface area contributed by atoms with Crippen molar-refractivity contribution < 1.29 is 0 Å². The van der Waals surface area contributed by atoms with Crippen LogP contribution in [0.3, 0.4) is 0 Å². The SMILES string of the molecule is C=CCC(CC=C)(CC=C)C(=S)[Se]. The summed E-state index contributed by atoms with van der Waals surface area (Å²) in [5, 5.41) is 0. The summed E-state index contributed by atoms with van der Waals surface area (Å²) < 4.78 is 0.896. The van der Waals surface area contributed by atoms with E-state index in [0.29, 0.717) is 0 Å². The second-order valence-corrected chi connectivity index (χ2v) is 4.89. The van der Waals surface area contributed by atoms with Crippen LogP contribution in [0.1, 0.15) is 19.3 Å². The van der Waals surface area contributed by atoms with Gasteiger partial charge in [-0.25, -0.2) is 0 Å². The van der Waals surface area contributed by atoms with Gasteiger partial charge in [0.1, 0.15) is 0 Å². The van der Waals surface area contributed by atoms with E-state index in [4.69, 9.17) is 12.2 Å². The standard InChI is InChI=1S/C11H15SSe/c1-4-7-11(8-5-2,9-6-3)10(12)13/h4-6H,1-3,7-9H2. The van der Waals surface area contributed by atoms with Crippen LogP contribution in [0, 0.1) is 5.41 Å². The minimum atomic E-state index is -0.0272. The molecule has 0 N–H and O–H groups in total. The molecule has 0 spiro atoms. The van der Waals surface area contributed by atoms with Crippen LogP contribution in [0.15, 0.2) is 38.0 Å². The van der Waals surface area contributed by atoms with Gasteiger partial charge >= 0.3 is 94.6 Å². The first-order valence-corrected chi connectivity index (χ1v) is 5.43. The molecule has 0 aromatic rings. The van der Waals surface area contributed by atoms with Crippen molar-refractivity contribution in [1.82, 2.24) is 0 Å². The maximum atomic E-state index is 5.23. The van der Waals surface area contributed by atoms with Gasteiger partial charge in [-0.3, -0.25) is 0 Å². The van der Waals surface area contributed by atoms with Crippen molar-refractivity contribution in [2.24, 2.45) is 5.41 Å². The number of allylic oxidation sites excluding steroid dienone is 3.